The lowest BCUT2D eigenvalue weighted by Gasteiger charge is -2.06. The predicted molar refractivity (Wildman–Crippen MR) is 44.2 cm³/mol. The van der Waals surface area contributed by atoms with Crippen LogP contribution in [0, 0.1) is 0 Å². The zero-order valence-corrected chi connectivity index (χ0v) is 6.49. The Labute approximate surface area is 65.9 Å². The summed E-state index contributed by atoms with van der Waals surface area (Å²) in [6.07, 6.45) is 3.19. The molecule has 0 saturated carbocycles. The molecule has 0 radical (unpaired) electrons. The molecule has 11 heavy (non-hydrogen) atoms. The van der Waals surface area contributed by atoms with E-state index >= 15 is 0 Å². The van der Waals surface area contributed by atoms with E-state index in [0.29, 0.717) is 0 Å². The number of nitrogens with one attached hydrogen (secondary N) is 1. The highest BCUT2D eigenvalue weighted by Gasteiger charge is 1.93. The summed E-state index contributed by atoms with van der Waals surface area (Å²) in [6.45, 7) is 2.67. The molecular weight excluding hydrogens is 140 g/mol. The first kappa shape index (κ1) is 7.94. The fourth-order valence-electron chi connectivity index (χ4n) is 0.661. The number of anilines is 1. The molecule has 0 aliphatic carbocycles. The zero-order chi connectivity index (χ0) is 8.10. The molecule has 1 aromatic heterocycles. The smallest absolute Gasteiger partial charge is 0.129 e. The van der Waals surface area contributed by atoms with E-state index in [4.69, 9.17) is 5.73 Å². The first-order chi connectivity index (χ1) is 5.29. The van der Waals surface area contributed by atoms with Gasteiger partial charge in [-0.1, -0.05) is 0 Å². The van der Waals surface area contributed by atoms with Gasteiger partial charge in [0, 0.05) is 18.8 Å². The maximum absolute atomic E-state index is 5.53. The molecule has 4 heteroatoms. The van der Waals surface area contributed by atoms with Gasteiger partial charge >= 0.3 is 0 Å². The Kier molecular flexibility index (Phi) is 2.80. The Balaban J connectivity index is 2.39. The van der Waals surface area contributed by atoms with Crippen LogP contribution in [0.5, 0.6) is 0 Å². The Morgan fingerprint density at radius 3 is 3.09 bits per heavy atom. The maximum atomic E-state index is 5.53. The van der Waals surface area contributed by atoms with Gasteiger partial charge in [0.2, 0.25) is 0 Å². The highest BCUT2D eigenvalue weighted by molar-refractivity contribution is 5.31. The average molecular weight is 152 g/mol. The van der Waals surface area contributed by atoms with Gasteiger partial charge in [0.25, 0.3) is 0 Å². The Morgan fingerprint density at radius 1 is 1.73 bits per heavy atom. The van der Waals surface area contributed by atoms with Crippen molar-refractivity contribution < 1.29 is 0 Å². The fraction of sp³-hybridized carbons (Fsp3) is 0.429. The molecule has 0 aromatic carbocycles. The highest BCUT2D eigenvalue weighted by Crippen LogP contribution is 1.96. The lowest BCUT2D eigenvalue weighted by molar-refractivity contribution is 0.777. The molecule has 0 spiro atoms. The summed E-state index contributed by atoms with van der Waals surface area (Å²) in [7, 11) is 0. The summed E-state index contributed by atoms with van der Waals surface area (Å²) >= 11 is 0. The summed E-state index contributed by atoms with van der Waals surface area (Å²) in [5.41, 5.74) is 5.53. The normalized spacial score (nSPS) is 12.5. The standard InChI is InChI=1S/C7H12N4/c1-6(8)4-10-7-2-3-9-5-11-7/h2-3,5-6H,4,8H2,1H3,(H,9,10,11). The van der Waals surface area contributed by atoms with Gasteiger partial charge in [-0.05, 0) is 13.0 Å². The van der Waals surface area contributed by atoms with E-state index in [1.54, 1.807) is 6.20 Å². The van der Waals surface area contributed by atoms with Gasteiger partial charge in [-0.25, -0.2) is 9.97 Å². The van der Waals surface area contributed by atoms with Crippen LogP contribution >= 0.6 is 0 Å². The van der Waals surface area contributed by atoms with E-state index in [1.807, 2.05) is 13.0 Å². The quantitative estimate of drug-likeness (QED) is 0.651. The molecule has 0 bridgehead atoms. The van der Waals surface area contributed by atoms with Crippen molar-refractivity contribution in [1.29, 1.82) is 0 Å². The summed E-state index contributed by atoms with van der Waals surface area (Å²) in [5.74, 6) is 0.817. The van der Waals surface area contributed by atoms with Gasteiger partial charge in [-0.15, -0.1) is 0 Å². The molecule has 1 rings (SSSR count). The number of rotatable bonds is 3. The average Bonchev–Trinajstić information content (AvgIpc) is 2.03. The summed E-state index contributed by atoms with van der Waals surface area (Å²) < 4.78 is 0. The Bertz CT molecular complexity index is 197. The number of hydrogen-bond donors (Lipinski definition) is 2. The molecule has 0 saturated heterocycles. The van der Waals surface area contributed by atoms with Crippen LogP contribution in [-0.2, 0) is 0 Å². The van der Waals surface area contributed by atoms with Crippen molar-refractivity contribution >= 4 is 5.82 Å². The molecule has 0 amide bonds. The molecular formula is C7H12N4. The summed E-state index contributed by atoms with van der Waals surface area (Å²) in [5, 5.41) is 3.07. The van der Waals surface area contributed by atoms with E-state index in [0.717, 1.165) is 12.4 Å². The molecule has 1 aromatic rings. The van der Waals surface area contributed by atoms with Gasteiger partial charge in [-0.2, -0.15) is 0 Å². The number of nitrogens with zero attached hydrogens (tertiary/aromatic N) is 2. The van der Waals surface area contributed by atoms with Crippen molar-refractivity contribution in [2.45, 2.75) is 13.0 Å². The van der Waals surface area contributed by atoms with Crippen LogP contribution in [0.3, 0.4) is 0 Å². The van der Waals surface area contributed by atoms with Crippen molar-refractivity contribution in [3.8, 4) is 0 Å². The molecule has 4 nitrogen and oxygen atoms in total. The SMILES string of the molecule is CC(N)CNc1ccncn1. The minimum Gasteiger partial charge on any atom is -0.368 e. The second kappa shape index (κ2) is 3.88. The molecule has 0 fully saturated rings. The third kappa shape index (κ3) is 2.95. The van der Waals surface area contributed by atoms with E-state index < -0.39 is 0 Å². The van der Waals surface area contributed by atoms with E-state index in [-0.39, 0.29) is 6.04 Å². The minimum atomic E-state index is 0.143. The predicted octanol–water partition coefficient (Wildman–Crippen LogP) is 0.236. The third-order valence-corrected chi connectivity index (χ3v) is 1.19. The second-order valence-corrected chi connectivity index (χ2v) is 2.45. The summed E-state index contributed by atoms with van der Waals surface area (Å²) in [4.78, 5) is 7.76. The molecule has 1 atom stereocenters. The summed E-state index contributed by atoms with van der Waals surface area (Å²) in [6, 6.07) is 1.95. The monoisotopic (exact) mass is 152 g/mol. The molecule has 0 aliphatic heterocycles. The molecule has 0 aliphatic rings. The van der Waals surface area contributed by atoms with Crippen molar-refractivity contribution in [2.24, 2.45) is 5.73 Å². The van der Waals surface area contributed by atoms with Gasteiger partial charge in [0.15, 0.2) is 0 Å². The largest absolute Gasteiger partial charge is 0.368 e. The van der Waals surface area contributed by atoms with Crippen molar-refractivity contribution in [3.63, 3.8) is 0 Å². The Hall–Kier alpha value is -1.16. The van der Waals surface area contributed by atoms with Crippen LogP contribution in [0.2, 0.25) is 0 Å². The second-order valence-electron chi connectivity index (χ2n) is 2.45. The molecule has 60 valence electrons. The lowest BCUT2D eigenvalue weighted by atomic mass is 10.3. The third-order valence-electron chi connectivity index (χ3n) is 1.19. The number of nitrogens with two attached hydrogens (primary N) is 1. The van der Waals surface area contributed by atoms with Crippen LogP contribution in [0.4, 0.5) is 5.82 Å². The number of aromatic nitrogens is 2. The first-order valence-electron chi connectivity index (χ1n) is 3.54. The van der Waals surface area contributed by atoms with Crippen LogP contribution in [0.25, 0.3) is 0 Å². The van der Waals surface area contributed by atoms with E-state index in [1.165, 1.54) is 6.33 Å². The fourth-order valence-corrected chi connectivity index (χ4v) is 0.661. The molecule has 3 N–H and O–H groups in total. The van der Waals surface area contributed by atoms with Gasteiger partial charge in [0.05, 0.1) is 0 Å². The van der Waals surface area contributed by atoms with Crippen LogP contribution in [0.1, 0.15) is 6.92 Å². The van der Waals surface area contributed by atoms with Crippen molar-refractivity contribution in [3.05, 3.63) is 18.6 Å². The lowest BCUT2D eigenvalue weighted by Crippen LogP contribution is -2.25. The van der Waals surface area contributed by atoms with E-state index in [9.17, 15) is 0 Å². The van der Waals surface area contributed by atoms with Crippen molar-refractivity contribution in [2.75, 3.05) is 11.9 Å². The first-order valence-corrected chi connectivity index (χ1v) is 3.54. The highest BCUT2D eigenvalue weighted by atomic mass is 15.0. The molecule has 1 unspecified atom stereocenters. The number of hydrogen-bond acceptors (Lipinski definition) is 4. The molecule has 1 heterocycles. The topological polar surface area (TPSA) is 63.8 Å². The van der Waals surface area contributed by atoms with Gasteiger partial charge < -0.3 is 11.1 Å². The van der Waals surface area contributed by atoms with Crippen LogP contribution in [0.15, 0.2) is 18.6 Å². The van der Waals surface area contributed by atoms with Crippen LogP contribution in [-0.4, -0.2) is 22.6 Å². The van der Waals surface area contributed by atoms with E-state index in [2.05, 4.69) is 15.3 Å². The Morgan fingerprint density at radius 2 is 2.55 bits per heavy atom. The van der Waals surface area contributed by atoms with Gasteiger partial charge in [-0.3, -0.25) is 0 Å². The van der Waals surface area contributed by atoms with Gasteiger partial charge in [0.1, 0.15) is 12.1 Å². The van der Waals surface area contributed by atoms with Crippen molar-refractivity contribution in [1.82, 2.24) is 9.97 Å². The van der Waals surface area contributed by atoms with Crippen LogP contribution < -0.4 is 11.1 Å². The minimum absolute atomic E-state index is 0.143. The zero-order valence-electron chi connectivity index (χ0n) is 6.49. The maximum Gasteiger partial charge on any atom is 0.129 e.